The van der Waals surface area contributed by atoms with Gasteiger partial charge in [0.2, 0.25) is 0 Å². The van der Waals surface area contributed by atoms with E-state index in [2.05, 4.69) is 40.1 Å². The second-order valence-electron chi connectivity index (χ2n) is 7.50. The number of carbonyl (C=O) groups excluding carboxylic acids is 1. The van der Waals surface area contributed by atoms with Crippen molar-refractivity contribution < 1.29 is 9.53 Å². The average molecular weight is 364 g/mol. The first kappa shape index (κ1) is 18.2. The van der Waals surface area contributed by atoms with Crippen molar-refractivity contribution in [3.8, 4) is 0 Å². The third-order valence-corrected chi connectivity index (χ3v) is 5.80. The van der Waals surface area contributed by atoms with Gasteiger partial charge in [0.25, 0.3) is 0 Å². The van der Waals surface area contributed by atoms with E-state index in [1.54, 1.807) is 6.92 Å². The van der Waals surface area contributed by atoms with E-state index < -0.39 is 0 Å². The fraction of sp³-hybridized carbons (Fsp3) is 0.435. The van der Waals surface area contributed by atoms with Crippen molar-refractivity contribution in [1.82, 2.24) is 4.90 Å². The molecule has 4 heteroatoms. The monoisotopic (exact) mass is 364 g/mol. The number of hydrogen-bond acceptors (Lipinski definition) is 4. The minimum Gasteiger partial charge on any atom is -0.373 e. The van der Waals surface area contributed by atoms with Crippen LogP contribution in [0.4, 0.5) is 5.69 Å². The van der Waals surface area contributed by atoms with Gasteiger partial charge in [0.15, 0.2) is 5.78 Å². The molecule has 0 radical (unpaired) electrons. The highest BCUT2D eigenvalue weighted by molar-refractivity contribution is 5.99. The van der Waals surface area contributed by atoms with Gasteiger partial charge in [-0.05, 0) is 43.0 Å². The van der Waals surface area contributed by atoms with Gasteiger partial charge >= 0.3 is 0 Å². The van der Waals surface area contributed by atoms with E-state index >= 15 is 0 Å². The molecule has 4 nitrogen and oxygen atoms in total. The second-order valence-corrected chi connectivity index (χ2v) is 7.50. The lowest BCUT2D eigenvalue weighted by Crippen LogP contribution is -2.47. The molecule has 2 aromatic carbocycles. The quantitative estimate of drug-likeness (QED) is 0.757. The van der Waals surface area contributed by atoms with Crippen LogP contribution in [0, 0.1) is 0 Å². The summed E-state index contributed by atoms with van der Waals surface area (Å²) in [6, 6.07) is 16.7. The summed E-state index contributed by atoms with van der Waals surface area (Å²) in [6.07, 6.45) is 2.30. The Labute approximate surface area is 161 Å². The summed E-state index contributed by atoms with van der Waals surface area (Å²) in [5.41, 5.74) is 4.73. The lowest BCUT2D eigenvalue weighted by molar-refractivity contribution is 0.0289. The number of nitrogens with zero attached hydrogens (tertiary/aromatic N) is 2. The van der Waals surface area contributed by atoms with Crippen LogP contribution in [0.2, 0.25) is 0 Å². The van der Waals surface area contributed by atoms with Gasteiger partial charge in [-0.1, -0.05) is 36.4 Å². The van der Waals surface area contributed by atoms with Crippen molar-refractivity contribution in [1.29, 1.82) is 0 Å². The topological polar surface area (TPSA) is 32.8 Å². The Kier molecular flexibility index (Phi) is 5.55. The highest BCUT2D eigenvalue weighted by Gasteiger charge is 2.24. The van der Waals surface area contributed by atoms with E-state index in [4.69, 9.17) is 4.74 Å². The standard InChI is InChI=1S/C23H28N2O2/c1-18(26)20-7-4-5-9-22(20)25-15-13-24(14-16-25)12-10-23-21-8-3-2-6-19(21)11-17-27-23/h2-9,23H,10-17H2,1H3. The van der Waals surface area contributed by atoms with E-state index in [0.29, 0.717) is 0 Å². The Morgan fingerprint density at radius 2 is 1.78 bits per heavy atom. The van der Waals surface area contributed by atoms with Crippen LogP contribution in [0.15, 0.2) is 48.5 Å². The van der Waals surface area contributed by atoms with Gasteiger partial charge in [-0.15, -0.1) is 0 Å². The summed E-state index contributed by atoms with van der Waals surface area (Å²) in [5.74, 6) is 0.140. The number of carbonyl (C=O) groups is 1. The van der Waals surface area contributed by atoms with Crippen molar-refractivity contribution in [3.63, 3.8) is 0 Å². The minimum atomic E-state index is 0.140. The van der Waals surface area contributed by atoms with E-state index in [0.717, 1.165) is 63.4 Å². The molecule has 2 aliphatic heterocycles. The Morgan fingerprint density at radius 3 is 2.59 bits per heavy atom. The molecule has 0 aliphatic carbocycles. The van der Waals surface area contributed by atoms with Crippen LogP contribution < -0.4 is 4.90 Å². The lowest BCUT2D eigenvalue weighted by Gasteiger charge is -2.37. The third-order valence-electron chi connectivity index (χ3n) is 5.80. The van der Waals surface area contributed by atoms with Crippen LogP contribution in [0.25, 0.3) is 0 Å². The van der Waals surface area contributed by atoms with Gasteiger partial charge in [-0.25, -0.2) is 0 Å². The van der Waals surface area contributed by atoms with E-state index in [9.17, 15) is 4.79 Å². The number of Topliss-reactive ketones (excluding diaryl/α,β-unsaturated/α-hetero) is 1. The molecule has 0 aromatic heterocycles. The molecular weight excluding hydrogens is 336 g/mol. The first-order valence-electron chi connectivity index (χ1n) is 9.99. The molecule has 1 fully saturated rings. The van der Waals surface area contributed by atoms with Crippen LogP contribution in [0.1, 0.15) is 40.9 Å². The number of para-hydroxylation sites is 1. The fourth-order valence-corrected chi connectivity index (χ4v) is 4.28. The lowest BCUT2D eigenvalue weighted by atomic mass is 9.95. The summed E-state index contributed by atoms with van der Waals surface area (Å²) in [4.78, 5) is 16.8. The molecule has 1 saturated heterocycles. The zero-order valence-corrected chi connectivity index (χ0v) is 16.1. The molecule has 2 heterocycles. The molecular formula is C23H28N2O2. The van der Waals surface area contributed by atoms with Crippen LogP contribution >= 0.6 is 0 Å². The van der Waals surface area contributed by atoms with Gasteiger partial charge in [0, 0.05) is 44.0 Å². The van der Waals surface area contributed by atoms with Crippen LogP contribution in [-0.2, 0) is 11.2 Å². The Morgan fingerprint density at radius 1 is 1.04 bits per heavy atom. The van der Waals surface area contributed by atoms with Gasteiger partial charge < -0.3 is 9.64 Å². The number of rotatable bonds is 5. The van der Waals surface area contributed by atoms with Crippen molar-refractivity contribution in [2.75, 3.05) is 44.2 Å². The van der Waals surface area contributed by atoms with Gasteiger partial charge in [0.05, 0.1) is 12.7 Å². The summed E-state index contributed by atoms with van der Waals surface area (Å²) in [5, 5.41) is 0. The summed E-state index contributed by atoms with van der Waals surface area (Å²) < 4.78 is 6.05. The number of ether oxygens (including phenoxy) is 1. The van der Waals surface area contributed by atoms with Crippen LogP contribution in [-0.4, -0.2) is 50.0 Å². The zero-order chi connectivity index (χ0) is 18.6. The number of piperazine rings is 1. The largest absolute Gasteiger partial charge is 0.373 e. The number of benzene rings is 2. The Balaban J connectivity index is 1.33. The molecule has 142 valence electrons. The highest BCUT2D eigenvalue weighted by Crippen LogP contribution is 2.30. The first-order chi connectivity index (χ1) is 13.2. The molecule has 0 spiro atoms. The van der Waals surface area contributed by atoms with Gasteiger partial charge in [-0.3, -0.25) is 9.69 Å². The molecule has 27 heavy (non-hydrogen) atoms. The molecule has 0 N–H and O–H groups in total. The third kappa shape index (κ3) is 4.07. The summed E-state index contributed by atoms with van der Waals surface area (Å²) in [6.45, 7) is 7.52. The maximum absolute atomic E-state index is 11.9. The minimum absolute atomic E-state index is 0.140. The maximum Gasteiger partial charge on any atom is 0.161 e. The van der Waals surface area contributed by atoms with E-state index in [1.807, 2.05) is 18.2 Å². The van der Waals surface area contributed by atoms with E-state index in [-0.39, 0.29) is 11.9 Å². The number of fused-ring (bicyclic) bond motifs is 1. The number of ketones is 1. The van der Waals surface area contributed by atoms with Crippen molar-refractivity contribution in [2.45, 2.75) is 25.9 Å². The first-order valence-corrected chi connectivity index (χ1v) is 9.99. The van der Waals surface area contributed by atoms with Gasteiger partial charge in [-0.2, -0.15) is 0 Å². The molecule has 2 aromatic rings. The Hall–Kier alpha value is -2.17. The molecule has 2 aliphatic rings. The van der Waals surface area contributed by atoms with Crippen molar-refractivity contribution in [2.24, 2.45) is 0 Å². The second kappa shape index (κ2) is 8.24. The smallest absolute Gasteiger partial charge is 0.161 e. The summed E-state index contributed by atoms with van der Waals surface area (Å²) in [7, 11) is 0. The molecule has 1 atom stereocenters. The average Bonchev–Trinajstić information content (AvgIpc) is 2.72. The molecule has 0 bridgehead atoms. The predicted octanol–water partition coefficient (Wildman–Crippen LogP) is 3.72. The predicted molar refractivity (Wildman–Crippen MR) is 109 cm³/mol. The maximum atomic E-state index is 11.9. The van der Waals surface area contributed by atoms with Crippen molar-refractivity contribution in [3.05, 3.63) is 65.2 Å². The SMILES string of the molecule is CC(=O)c1ccccc1N1CCN(CCC2OCCc3ccccc32)CC1. The van der Waals surface area contributed by atoms with E-state index in [1.165, 1.54) is 11.1 Å². The Bertz CT molecular complexity index is 796. The number of anilines is 1. The molecule has 4 rings (SSSR count). The fourth-order valence-electron chi connectivity index (χ4n) is 4.28. The zero-order valence-electron chi connectivity index (χ0n) is 16.1. The number of hydrogen-bond donors (Lipinski definition) is 0. The van der Waals surface area contributed by atoms with Crippen molar-refractivity contribution >= 4 is 11.5 Å². The normalized spacial score (nSPS) is 20.3. The van der Waals surface area contributed by atoms with Crippen LogP contribution in [0.3, 0.4) is 0 Å². The highest BCUT2D eigenvalue weighted by atomic mass is 16.5. The van der Waals surface area contributed by atoms with Crippen LogP contribution in [0.5, 0.6) is 0 Å². The summed E-state index contributed by atoms with van der Waals surface area (Å²) >= 11 is 0. The van der Waals surface area contributed by atoms with Gasteiger partial charge in [0.1, 0.15) is 0 Å². The molecule has 1 unspecified atom stereocenters. The molecule has 0 amide bonds. The molecule has 0 saturated carbocycles.